The van der Waals surface area contributed by atoms with E-state index < -0.39 is 11.7 Å². The van der Waals surface area contributed by atoms with Crippen molar-refractivity contribution in [3.63, 3.8) is 0 Å². The molecule has 172 valence electrons. The Kier molecular flexibility index (Phi) is 5.86. The maximum atomic E-state index is 13.0. The van der Waals surface area contributed by atoms with Gasteiger partial charge < -0.3 is 19.4 Å². The topological polar surface area (TPSA) is 81.5 Å². The minimum atomic E-state index is -0.582. The van der Waals surface area contributed by atoms with Crippen LogP contribution in [0.3, 0.4) is 0 Å². The van der Waals surface area contributed by atoms with Gasteiger partial charge in [0, 0.05) is 37.7 Å². The van der Waals surface area contributed by atoms with Crippen LogP contribution in [0.2, 0.25) is 0 Å². The Hall–Kier alpha value is -3.23. The lowest BCUT2D eigenvalue weighted by Gasteiger charge is -2.45. The number of amides is 1. The summed E-state index contributed by atoms with van der Waals surface area (Å²) in [6.45, 7) is 4.99. The first kappa shape index (κ1) is 21.6. The van der Waals surface area contributed by atoms with Crippen LogP contribution in [0.4, 0.5) is 5.69 Å². The number of piperidine rings is 1. The fraction of sp³-hybridized carbons (Fsp3) is 0.400. The van der Waals surface area contributed by atoms with Gasteiger partial charge in [0.1, 0.15) is 17.2 Å². The fourth-order valence-corrected chi connectivity index (χ4v) is 4.70. The molecular weight excluding hydrogens is 418 g/mol. The van der Waals surface area contributed by atoms with E-state index in [1.165, 1.54) is 5.56 Å². The summed E-state index contributed by atoms with van der Waals surface area (Å²) in [6, 6.07) is 11.9. The SMILES string of the molecule is COc1ccc(CN2CCC3(CC2)O[C@@H](C(=O)Nc2ccc(C)nc2)Cn2ccnc23)cc1. The molecule has 4 heterocycles. The molecule has 8 nitrogen and oxygen atoms in total. The van der Waals surface area contributed by atoms with Gasteiger partial charge in [0.25, 0.3) is 5.91 Å². The lowest BCUT2D eigenvalue weighted by molar-refractivity contribution is -0.170. The number of rotatable bonds is 5. The van der Waals surface area contributed by atoms with Crippen LogP contribution in [-0.2, 0) is 28.2 Å². The van der Waals surface area contributed by atoms with Crippen molar-refractivity contribution < 1.29 is 14.3 Å². The summed E-state index contributed by atoms with van der Waals surface area (Å²) in [5.74, 6) is 1.64. The predicted molar refractivity (Wildman–Crippen MR) is 124 cm³/mol. The van der Waals surface area contributed by atoms with E-state index in [2.05, 4.69) is 36.9 Å². The summed E-state index contributed by atoms with van der Waals surface area (Å²) in [6.07, 6.45) is 6.41. The largest absolute Gasteiger partial charge is 0.497 e. The predicted octanol–water partition coefficient (Wildman–Crippen LogP) is 3.12. The highest BCUT2D eigenvalue weighted by atomic mass is 16.5. The number of anilines is 1. The number of methoxy groups -OCH3 is 1. The number of aryl methyl sites for hydroxylation is 1. The number of imidazole rings is 1. The Morgan fingerprint density at radius 3 is 2.67 bits per heavy atom. The number of ether oxygens (including phenoxy) is 2. The van der Waals surface area contributed by atoms with E-state index in [9.17, 15) is 4.79 Å². The van der Waals surface area contributed by atoms with E-state index in [0.717, 1.165) is 49.7 Å². The Morgan fingerprint density at radius 2 is 1.97 bits per heavy atom. The molecule has 2 aliphatic rings. The zero-order valence-corrected chi connectivity index (χ0v) is 19.0. The summed E-state index contributed by atoms with van der Waals surface area (Å²) < 4.78 is 13.9. The van der Waals surface area contributed by atoms with Crippen molar-refractivity contribution in [1.29, 1.82) is 0 Å². The lowest BCUT2D eigenvalue weighted by Crippen LogP contribution is -2.53. The fourth-order valence-electron chi connectivity index (χ4n) is 4.70. The normalized spacial score (nSPS) is 19.8. The second-order valence-corrected chi connectivity index (χ2v) is 8.81. The number of aromatic nitrogens is 3. The Morgan fingerprint density at radius 1 is 1.18 bits per heavy atom. The maximum Gasteiger partial charge on any atom is 0.255 e. The molecule has 1 spiro atoms. The van der Waals surface area contributed by atoms with Gasteiger partial charge in [-0.15, -0.1) is 0 Å². The molecule has 1 aromatic carbocycles. The molecule has 1 fully saturated rings. The first-order chi connectivity index (χ1) is 16.0. The average molecular weight is 448 g/mol. The van der Waals surface area contributed by atoms with Gasteiger partial charge in [0.15, 0.2) is 6.10 Å². The van der Waals surface area contributed by atoms with E-state index >= 15 is 0 Å². The number of hydrogen-bond acceptors (Lipinski definition) is 6. The molecule has 1 amide bonds. The highest BCUT2D eigenvalue weighted by Gasteiger charge is 2.47. The molecule has 0 bridgehead atoms. The first-order valence-electron chi connectivity index (χ1n) is 11.3. The van der Waals surface area contributed by atoms with Gasteiger partial charge in [-0.2, -0.15) is 0 Å². The zero-order chi connectivity index (χ0) is 22.8. The summed E-state index contributed by atoms with van der Waals surface area (Å²) >= 11 is 0. The van der Waals surface area contributed by atoms with Crippen LogP contribution in [0.25, 0.3) is 0 Å². The van der Waals surface area contributed by atoms with Gasteiger partial charge >= 0.3 is 0 Å². The van der Waals surface area contributed by atoms with Gasteiger partial charge in [-0.05, 0) is 49.6 Å². The third-order valence-corrected chi connectivity index (χ3v) is 6.55. The first-order valence-corrected chi connectivity index (χ1v) is 11.3. The number of nitrogens with zero attached hydrogens (tertiary/aromatic N) is 4. The third kappa shape index (κ3) is 4.49. The van der Waals surface area contributed by atoms with Crippen molar-refractivity contribution in [2.75, 3.05) is 25.5 Å². The molecule has 5 rings (SSSR count). The van der Waals surface area contributed by atoms with Gasteiger partial charge in [-0.1, -0.05) is 12.1 Å². The minimum Gasteiger partial charge on any atom is -0.497 e. The Labute approximate surface area is 193 Å². The van der Waals surface area contributed by atoms with Crippen molar-refractivity contribution in [2.45, 2.75) is 44.6 Å². The van der Waals surface area contributed by atoms with E-state index in [1.54, 1.807) is 19.5 Å². The molecule has 0 saturated carbocycles. The molecule has 8 heteroatoms. The van der Waals surface area contributed by atoms with Crippen molar-refractivity contribution >= 4 is 11.6 Å². The molecule has 0 aliphatic carbocycles. The maximum absolute atomic E-state index is 13.0. The number of benzene rings is 1. The summed E-state index contributed by atoms with van der Waals surface area (Å²) in [4.78, 5) is 24.3. The van der Waals surface area contributed by atoms with Crippen LogP contribution in [-0.4, -0.2) is 51.6 Å². The standard InChI is InChI=1S/C25H29N5O3/c1-18-3-6-20(15-27-18)28-23(31)22-17-30-14-11-26-24(30)25(33-22)9-12-29(13-10-25)16-19-4-7-21(32-2)8-5-19/h3-8,11,14-15,22H,9-10,12-13,16-17H2,1-2H3,(H,28,31)/t22-/m1/s1. The molecule has 3 aromatic rings. The van der Waals surface area contributed by atoms with E-state index in [1.807, 2.05) is 37.4 Å². The Balaban J connectivity index is 1.27. The molecule has 0 radical (unpaired) electrons. The number of pyridine rings is 1. The number of nitrogens with one attached hydrogen (secondary N) is 1. The van der Waals surface area contributed by atoms with Crippen LogP contribution in [0.1, 0.15) is 29.9 Å². The second kappa shape index (κ2) is 8.96. The average Bonchev–Trinajstić information content (AvgIpc) is 3.32. The molecular formula is C25H29N5O3. The van der Waals surface area contributed by atoms with Crippen LogP contribution in [0, 0.1) is 6.92 Å². The van der Waals surface area contributed by atoms with Crippen molar-refractivity contribution in [3.05, 3.63) is 72.1 Å². The second-order valence-electron chi connectivity index (χ2n) is 8.81. The molecule has 1 saturated heterocycles. The molecule has 1 atom stereocenters. The monoisotopic (exact) mass is 447 g/mol. The number of carbonyl (C=O) groups is 1. The smallest absolute Gasteiger partial charge is 0.255 e. The van der Waals surface area contributed by atoms with Crippen molar-refractivity contribution in [2.24, 2.45) is 0 Å². The van der Waals surface area contributed by atoms with Crippen LogP contribution >= 0.6 is 0 Å². The minimum absolute atomic E-state index is 0.153. The summed E-state index contributed by atoms with van der Waals surface area (Å²) in [5.41, 5.74) is 2.28. The Bertz CT molecular complexity index is 1100. The van der Waals surface area contributed by atoms with E-state index in [-0.39, 0.29) is 5.91 Å². The molecule has 0 unspecified atom stereocenters. The van der Waals surface area contributed by atoms with Gasteiger partial charge in [-0.25, -0.2) is 4.98 Å². The highest BCUT2D eigenvalue weighted by molar-refractivity contribution is 5.94. The zero-order valence-electron chi connectivity index (χ0n) is 19.0. The van der Waals surface area contributed by atoms with Crippen LogP contribution in [0.15, 0.2) is 55.0 Å². The summed E-state index contributed by atoms with van der Waals surface area (Å²) in [5, 5.41) is 2.95. The molecule has 2 aromatic heterocycles. The lowest BCUT2D eigenvalue weighted by atomic mass is 9.88. The number of likely N-dealkylation sites (tertiary alicyclic amines) is 1. The van der Waals surface area contributed by atoms with Gasteiger partial charge in [0.05, 0.1) is 25.5 Å². The number of hydrogen-bond donors (Lipinski definition) is 1. The number of fused-ring (bicyclic) bond motifs is 2. The highest BCUT2D eigenvalue weighted by Crippen LogP contribution is 2.40. The van der Waals surface area contributed by atoms with Crippen molar-refractivity contribution in [1.82, 2.24) is 19.4 Å². The van der Waals surface area contributed by atoms with Gasteiger partial charge in [0.2, 0.25) is 0 Å². The quantitative estimate of drug-likeness (QED) is 0.647. The van der Waals surface area contributed by atoms with Crippen LogP contribution < -0.4 is 10.1 Å². The molecule has 1 N–H and O–H groups in total. The third-order valence-electron chi connectivity index (χ3n) is 6.55. The molecule has 2 aliphatic heterocycles. The van der Waals surface area contributed by atoms with E-state index in [4.69, 9.17) is 9.47 Å². The van der Waals surface area contributed by atoms with Gasteiger partial charge in [-0.3, -0.25) is 14.7 Å². The van der Waals surface area contributed by atoms with Crippen LogP contribution in [0.5, 0.6) is 5.75 Å². The van der Waals surface area contributed by atoms with E-state index in [0.29, 0.717) is 12.2 Å². The molecule has 33 heavy (non-hydrogen) atoms. The summed E-state index contributed by atoms with van der Waals surface area (Å²) in [7, 11) is 1.68. The number of carbonyl (C=O) groups excluding carboxylic acids is 1. The van der Waals surface area contributed by atoms with Crippen molar-refractivity contribution in [3.8, 4) is 5.75 Å².